The number of hydrogen-bond donors (Lipinski definition) is 0. The fourth-order valence-electron chi connectivity index (χ4n) is 0.708. The molecule has 1 aromatic rings. The van der Waals surface area contributed by atoms with E-state index < -0.39 is 0 Å². The summed E-state index contributed by atoms with van der Waals surface area (Å²) in [5.41, 5.74) is 0.569. The molecular weight excluding hydrogens is 146 g/mol. The van der Waals surface area contributed by atoms with E-state index in [1.807, 2.05) is 13.2 Å². The fourth-order valence-corrected chi connectivity index (χ4v) is 0.885. The molecule has 0 unspecified atom stereocenters. The van der Waals surface area contributed by atoms with Crippen LogP contribution in [0, 0.1) is 4.64 Å². The first kappa shape index (κ1) is 7.15. The van der Waals surface area contributed by atoms with Gasteiger partial charge >= 0.3 is 0 Å². The number of aldehydes is 1. The van der Waals surface area contributed by atoms with E-state index in [2.05, 4.69) is 0 Å². The number of carbonyl (C=O) groups is 1. The van der Waals surface area contributed by atoms with Crippen LogP contribution < -0.4 is 0 Å². The zero-order valence-electron chi connectivity index (χ0n) is 5.57. The van der Waals surface area contributed by atoms with Gasteiger partial charge in [-0.25, -0.2) is 0 Å². The first-order chi connectivity index (χ1) is 4.75. The molecule has 0 saturated carbocycles. The Labute approximate surface area is 64.1 Å². The van der Waals surface area contributed by atoms with E-state index in [9.17, 15) is 4.79 Å². The van der Waals surface area contributed by atoms with Gasteiger partial charge in [0.1, 0.15) is 4.64 Å². The molecule has 0 aromatic carbocycles. The minimum absolute atomic E-state index is 0.569. The zero-order valence-corrected chi connectivity index (χ0v) is 6.39. The van der Waals surface area contributed by atoms with Crippen molar-refractivity contribution in [1.29, 1.82) is 0 Å². The highest BCUT2D eigenvalue weighted by atomic mass is 32.1. The van der Waals surface area contributed by atoms with Gasteiger partial charge in [-0.05, 0) is 12.1 Å². The quantitative estimate of drug-likeness (QED) is 0.451. The van der Waals surface area contributed by atoms with Crippen LogP contribution in [0.2, 0.25) is 0 Å². The number of nitrogens with zero attached hydrogens (tertiary/aromatic N) is 1. The van der Waals surface area contributed by atoms with Crippen LogP contribution in [0.15, 0.2) is 18.3 Å². The van der Waals surface area contributed by atoms with Gasteiger partial charge in [-0.1, -0.05) is 12.2 Å². The minimum Gasteiger partial charge on any atom is -0.342 e. The first-order valence-electron chi connectivity index (χ1n) is 2.86. The van der Waals surface area contributed by atoms with E-state index in [0.717, 1.165) is 6.29 Å². The van der Waals surface area contributed by atoms with Crippen LogP contribution in [0.1, 0.15) is 10.4 Å². The topological polar surface area (TPSA) is 22.0 Å². The average Bonchev–Trinajstić information content (AvgIpc) is 1.95. The Morgan fingerprint density at radius 3 is 2.90 bits per heavy atom. The predicted octanol–water partition coefficient (Wildman–Crippen LogP) is 1.57. The Hall–Kier alpha value is -0.960. The summed E-state index contributed by atoms with van der Waals surface area (Å²) in [5.74, 6) is 0. The Kier molecular flexibility index (Phi) is 1.97. The third kappa shape index (κ3) is 1.14. The van der Waals surface area contributed by atoms with Crippen LogP contribution in [0.3, 0.4) is 0 Å². The molecule has 3 heteroatoms. The molecular formula is C7H7NOS. The lowest BCUT2D eigenvalue weighted by Crippen LogP contribution is -1.94. The van der Waals surface area contributed by atoms with Gasteiger partial charge in [-0.15, -0.1) is 0 Å². The summed E-state index contributed by atoms with van der Waals surface area (Å²) in [5, 5.41) is 0. The van der Waals surface area contributed by atoms with Crippen LogP contribution in [-0.2, 0) is 7.05 Å². The van der Waals surface area contributed by atoms with Crippen LogP contribution >= 0.6 is 12.2 Å². The highest BCUT2D eigenvalue weighted by Crippen LogP contribution is 1.97. The number of hydrogen-bond acceptors (Lipinski definition) is 2. The second-order valence-electron chi connectivity index (χ2n) is 2.00. The highest BCUT2D eigenvalue weighted by Gasteiger charge is 1.91. The third-order valence-corrected chi connectivity index (χ3v) is 1.80. The largest absolute Gasteiger partial charge is 0.342 e. The monoisotopic (exact) mass is 153 g/mol. The van der Waals surface area contributed by atoms with E-state index in [0.29, 0.717) is 10.2 Å². The Bertz CT molecular complexity index is 303. The second-order valence-corrected chi connectivity index (χ2v) is 2.38. The Morgan fingerprint density at radius 1 is 1.70 bits per heavy atom. The molecule has 52 valence electrons. The minimum atomic E-state index is 0.569. The smallest absolute Gasteiger partial charge is 0.153 e. The predicted molar refractivity (Wildman–Crippen MR) is 41.6 cm³/mol. The van der Waals surface area contributed by atoms with Gasteiger partial charge in [0.15, 0.2) is 6.29 Å². The molecule has 1 aromatic heterocycles. The maximum absolute atomic E-state index is 10.3. The van der Waals surface area contributed by atoms with Crippen molar-refractivity contribution in [2.24, 2.45) is 7.05 Å². The van der Waals surface area contributed by atoms with E-state index in [1.54, 1.807) is 16.7 Å². The van der Waals surface area contributed by atoms with Gasteiger partial charge in [0.25, 0.3) is 0 Å². The van der Waals surface area contributed by atoms with Gasteiger partial charge in [0.05, 0.1) is 0 Å². The van der Waals surface area contributed by atoms with Gasteiger partial charge in [0, 0.05) is 18.8 Å². The molecule has 0 aliphatic heterocycles. The van der Waals surface area contributed by atoms with Crippen molar-refractivity contribution >= 4 is 18.5 Å². The molecule has 1 rings (SSSR count). The van der Waals surface area contributed by atoms with Crippen LogP contribution in [0.25, 0.3) is 0 Å². The summed E-state index contributed by atoms with van der Waals surface area (Å²) in [6.45, 7) is 0. The van der Waals surface area contributed by atoms with Crippen LogP contribution in [0.5, 0.6) is 0 Å². The molecule has 0 saturated heterocycles. The lowest BCUT2D eigenvalue weighted by atomic mass is 10.3. The first-order valence-corrected chi connectivity index (χ1v) is 3.27. The van der Waals surface area contributed by atoms with E-state index in [-0.39, 0.29) is 0 Å². The maximum Gasteiger partial charge on any atom is 0.153 e. The van der Waals surface area contributed by atoms with Gasteiger partial charge in [-0.3, -0.25) is 4.79 Å². The number of aromatic nitrogens is 1. The summed E-state index contributed by atoms with van der Waals surface area (Å²) in [7, 11) is 1.81. The van der Waals surface area contributed by atoms with E-state index >= 15 is 0 Å². The van der Waals surface area contributed by atoms with Gasteiger partial charge < -0.3 is 4.57 Å². The van der Waals surface area contributed by atoms with E-state index in [4.69, 9.17) is 12.2 Å². The molecule has 10 heavy (non-hydrogen) atoms. The SMILES string of the molecule is Cn1cccc(C=O)c1=S. The standard InChI is InChI=1S/C7H7NOS/c1-8-4-2-3-6(5-9)7(8)10/h2-5H,1H3. The molecule has 0 spiro atoms. The van der Waals surface area contributed by atoms with Crippen LogP contribution in [0.4, 0.5) is 0 Å². The van der Waals surface area contributed by atoms with Crippen molar-refractivity contribution < 1.29 is 4.79 Å². The zero-order chi connectivity index (χ0) is 7.56. The Morgan fingerprint density at radius 2 is 2.40 bits per heavy atom. The molecule has 0 fully saturated rings. The van der Waals surface area contributed by atoms with Crippen LogP contribution in [-0.4, -0.2) is 10.9 Å². The summed E-state index contributed by atoms with van der Waals surface area (Å²) in [6, 6.07) is 3.49. The molecule has 0 bridgehead atoms. The van der Waals surface area contributed by atoms with Crippen molar-refractivity contribution in [2.75, 3.05) is 0 Å². The summed E-state index contributed by atoms with van der Waals surface area (Å²) >= 11 is 4.92. The van der Waals surface area contributed by atoms with Gasteiger partial charge in [0.2, 0.25) is 0 Å². The fraction of sp³-hybridized carbons (Fsp3) is 0.143. The number of rotatable bonds is 1. The van der Waals surface area contributed by atoms with Crippen molar-refractivity contribution in [3.05, 3.63) is 28.5 Å². The molecule has 0 amide bonds. The third-order valence-electron chi connectivity index (χ3n) is 1.28. The summed E-state index contributed by atoms with van der Waals surface area (Å²) in [6.07, 6.45) is 2.58. The van der Waals surface area contributed by atoms with Crippen molar-refractivity contribution in [3.8, 4) is 0 Å². The van der Waals surface area contributed by atoms with Crippen molar-refractivity contribution in [1.82, 2.24) is 4.57 Å². The molecule has 0 aliphatic rings. The number of aryl methyl sites for hydroxylation is 1. The molecule has 2 nitrogen and oxygen atoms in total. The molecule has 0 radical (unpaired) electrons. The molecule has 0 aliphatic carbocycles. The summed E-state index contributed by atoms with van der Waals surface area (Å²) in [4.78, 5) is 10.3. The lowest BCUT2D eigenvalue weighted by Gasteiger charge is -1.97. The second kappa shape index (κ2) is 2.75. The molecule has 0 atom stereocenters. The molecule has 1 heterocycles. The molecule has 0 N–H and O–H groups in total. The Balaban J connectivity index is 3.42. The maximum atomic E-state index is 10.3. The van der Waals surface area contributed by atoms with Gasteiger partial charge in [-0.2, -0.15) is 0 Å². The van der Waals surface area contributed by atoms with Crippen molar-refractivity contribution in [3.63, 3.8) is 0 Å². The van der Waals surface area contributed by atoms with Crippen molar-refractivity contribution in [2.45, 2.75) is 0 Å². The normalized spacial score (nSPS) is 9.30. The van der Waals surface area contributed by atoms with E-state index in [1.165, 1.54) is 0 Å². The lowest BCUT2D eigenvalue weighted by molar-refractivity contribution is 0.112. The number of carbonyl (C=O) groups excluding carboxylic acids is 1. The highest BCUT2D eigenvalue weighted by molar-refractivity contribution is 7.71. The average molecular weight is 153 g/mol. The number of pyridine rings is 1. The summed E-state index contributed by atoms with van der Waals surface area (Å²) < 4.78 is 2.32.